The summed E-state index contributed by atoms with van der Waals surface area (Å²) < 4.78 is 1.91. The molecule has 0 radical (unpaired) electrons. The van der Waals surface area contributed by atoms with Crippen LogP contribution in [0.4, 0.5) is 0 Å². The predicted molar refractivity (Wildman–Crippen MR) is 73.0 cm³/mol. The van der Waals surface area contributed by atoms with Crippen molar-refractivity contribution in [3.63, 3.8) is 0 Å². The van der Waals surface area contributed by atoms with Crippen LogP contribution in [0.1, 0.15) is 38.3 Å². The van der Waals surface area contributed by atoms with Crippen molar-refractivity contribution in [1.29, 1.82) is 0 Å². The second-order valence-electron chi connectivity index (χ2n) is 5.40. The van der Waals surface area contributed by atoms with Gasteiger partial charge in [-0.25, -0.2) is 0 Å². The SMILES string of the molecule is CCNC1(C(=O)O)CCCC1CCn1ccc(C)n1. The molecule has 1 aromatic rings. The van der Waals surface area contributed by atoms with E-state index < -0.39 is 11.5 Å². The van der Waals surface area contributed by atoms with E-state index in [1.165, 1.54) is 0 Å². The molecule has 106 valence electrons. The minimum atomic E-state index is -0.725. The first-order valence-electron chi connectivity index (χ1n) is 7.07. The Morgan fingerprint density at radius 2 is 2.47 bits per heavy atom. The quantitative estimate of drug-likeness (QED) is 0.823. The maximum absolute atomic E-state index is 11.7. The van der Waals surface area contributed by atoms with E-state index in [1.54, 1.807) is 0 Å². The van der Waals surface area contributed by atoms with E-state index >= 15 is 0 Å². The van der Waals surface area contributed by atoms with Gasteiger partial charge in [0.05, 0.1) is 5.69 Å². The number of rotatable bonds is 6. The molecular weight excluding hydrogens is 242 g/mol. The van der Waals surface area contributed by atoms with E-state index in [4.69, 9.17) is 0 Å². The molecule has 0 spiro atoms. The number of likely N-dealkylation sites (N-methyl/N-ethyl adjacent to an activating group) is 1. The van der Waals surface area contributed by atoms with Crippen LogP contribution in [0.25, 0.3) is 0 Å². The highest BCUT2D eigenvalue weighted by Gasteiger charge is 2.48. The van der Waals surface area contributed by atoms with Gasteiger partial charge in [-0.15, -0.1) is 0 Å². The standard InChI is InChI=1S/C14H23N3O2/c1-3-15-14(13(18)19)8-4-5-12(14)7-10-17-9-6-11(2)16-17/h6,9,12,15H,3-5,7-8,10H2,1-2H3,(H,18,19). The molecule has 0 saturated heterocycles. The van der Waals surface area contributed by atoms with Gasteiger partial charge in [0.25, 0.3) is 0 Å². The van der Waals surface area contributed by atoms with Crippen LogP contribution in [0.5, 0.6) is 0 Å². The summed E-state index contributed by atoms with van der Waals surface area (Å²) in [5.74, 6) is -0.511. The number of nitrogens with one attached hydrogen (secondary N) is 1. The van der Waals surface area contributed by atoms with Crippen molar-refractivity contribution in [1.82, 2.24) is 15.1 Å². The van der Waals surface area contributed by atoms with Gasteiger partial charge in [-0.1, -0.05) is 13.3 Å². The van der Waals surface area contributed by atoms with Crippen LogP contribution >= 0.6 is 0 Å². The molecule has 5 heteroatoms. The number of carboxylic acids is 1. The fraction of sp³-hybridized carbons (Fsp3) is 0.714. The number of carbonyl (C=O) groups is 1. The Morgan fingerprint density at radius 1 is 1.68 bits per heavy atom. The number of carboxylic acid groups (broad SMARTS) is 1. The first kappa shape index (κ1) is 14.1. The van der Waals surface area contributed by atoms with Crippen molar-refractivity contribution in [3.05, 3.63) is 18.0 Å². The normalized spacial score (nSPS) is 26.7. The zero-order valence-electron chi connectivity index (χ0n) is 11.7. The lowest BCUT2D eigenvalue weighted by Gasteiger charge is -2.32. The van der Waals surface area contributed by atoms with Gasteiger partial charge in [-0.3, -0.25) is 9.48 Å². The molecule has 0 bridgehead atoms. The molecule has 2 unspecified atom stereocenters. The van der Waals surface area contributed by atoms with E-state index in [-0.39, 0.29) is 5.92 Å². The molecule has 5 nitrogen and oxygen atoms in total. The van der Waals surface area contributed by atoms with Crippen molar-refractivity contribution in [3.8, 4) is 0 Å². The highest BCUT2D eigenvalue weighted by molar-refractivity contribution is 5.79. The topological polar surface area (TPSA) is 67.2 Å². The molecule has 1 fully saturated rings. The number of nitrogens with zero attached hydrogens (tertiary/aromatic N) is 2. The largest absolute Gasteiger partial charge is 0.480 e. The third kappa shape index (κ3) is 2.81. The van der Waals surface area contributed by atoms with Crippen molar-refractivity contribution in [2.75, 3.05) is 6.54 Å². The molecule has 19 heavy (non-hydrogen) atoms. The summed E-state index contributed by atoms with van der Waals surface area (Å²) in [7, 11) is 0. The zero-order valence-corrected chi connectivity index (χ0v) is 11.7. The predicted octanol–water partition coefficient (Wildman–Crippen LogP) is 1.81. The van der Waals surface area contributed by atoms with E-state index in [0.717, 1.165) is 37.9 Å². The van der Waals surface area contributed by atoms with Gasteiger partial charge in [-0.2, -0.15) is 5.10 Å². The van der Waals surface area contributed by atoms with Crippen molar-refractivity contribution < 1.29 is 9.90 Å². The molecule has 2 N–H and O–H groups in total. The van der Waals surface area contributed by atoms with Gasteiger partial charge >= 0.3 is 5.97 Å². The first-order valence-corrected chi connectivity index (χ1v) is 7.07. The molecule has 2 rings (SSSR count). The molecule has 0 amide bonds. The van der Waals surface area contributed by atoms with Gasteiger partial charge in [0.1, 0.15) is 5.54 Å². The fourth-order valence-corrected chi connectivity index (χ4v) is 3.25. The van der Waals surface area contributed by atoms with Crippen molar-refractivity contribution >= 4 is 5.97 Å². The summed E-state index contributed by atoms with van der Waals surface area (Å²) in [4.78, 5) is 11.7. The Hall–Kier alpha value is -1.36. The summed E-state index contributed by atoms with van der Waals surface area (Å²) in [6, 6.07) is 1.98. The van der Waals surface area contributed by atoms with Crippen LogP contribution in [-0.2, 0) is 11.3 Å². The van der Waals surface area contributed by atoms with Crippen molar-refractivity contribution in [2.45, 2.75) is 51.6 Å². The summed E-state index contributed by atoms with van der Waals surface area (Å²) in [6.07, 6.45) is 5.53. The summed E-state index contributed by atoms with van der Waals surface area (Å²) in [5.41, 5.74) is 0.277. The van der Waals surface area contributed by atoms with E-state index in [2.05, 4.69) is 10.4 Å². The van der Waals surface area contributed by atoms with E-state index in [9.17, 15) is 9.90 Å². The molecule has 0 aromatic carbocycles. The minimum absolute atomic E-state index is 0.189. The molecule has 1 heterocycles. The van der Waals surface area contributed by atoms with Crippen LogP contribution in [0.15, 0.2) is 12.3 Å². The van der Waals surface area contributed by atoms with E-state index in [1.807, 2.05) is 30.8 Å². The lowest BCUT2D eigenvalue weighted by atomic mass is 9.84. The van der Waals surface area contributed by atoms with Gasteiger partial charge in [-0.05, 0) is 44.7 Å². The summed E-state index contributed by atoms with van der Waals surface area (Å²) in [6.45, 7) is 5.42. The highest BCUT2D eigenvalue weighted by atomic mass is 16.4. The summed E-state index contributed by atoms with van der Waals surface area (Å²) >= 11 is 0. The lowest BCUT2D eigenvalue weighted by molar-refractivity contribution is -0.146. The molecule has 2 atom stereocenters. The highest BCUT2D eigenvalue weighted by Crippen LogP contribution is 2.38. The Labute approximate surface area is 114 Å². The summed E-state index contributed by atoms with van der Waals surface area (Å²) in [5, 5.41) is 17.2. The lowest BCUT2D eigenvalue weighted by Crippen LogP contribution is -2.54. The van der Waals surface area contributed by atoms with Crippen molar-refractivity contribution in [2.24, 2.45) is 5.92 Å². The Bertz CT molecular complexity index is 444. The molecule has 1 aliphatic rings. The van der Waals surface area contributed by atoms with Crippen LogP contribution in [0.2, 0.25) is 0 Å². The third-order valence-electron chi connectivity index (χ3n) is 4.18. The average Bonchev–Trinajstić information content (AvgIpc) is 2.94. The van der Waals surface area contributed by atoms with Gasteiger partial charge < -0.3 is 10.4 Å². The van der Waals surface area contributed by atoms with Crippen LogP contribution in [0, 0.1) is 12.8 Å². The van der Waals surface area contributed by atoms with Crippen LogP contribution < -0.4 is 5.32 Å². The number of hydrogen-bond acceptors (Lipinski definition) is 3. The first-order chi connectivity index (χ1) is 9.08. The third-order valence-corrected chi connectivity index (χ3v) is 4.18. The smallest absolute Gasteiger partial charge is 0.324 e. The van der Waals surface area contributed by atoms with Crippen LogP contribution in [0.3, 0.4) is 0 Å². The number of aliphatic carboxylic acids is 1. The van der Waals surface area contributed by atoms with Gasteiger partial charge in [0, 0.05) is 12.7 Å². The number of hydrogen-bond donors (Lipinski definition) is 2. The van der Waals surface area contributed by atoms with E-state index in [0.29, 0.717) is 6.54 Å². The minimum Gasteiger partial charge on any atom is -0.480 e. The van der Waals surface area contributed by atoms with Gasteiger partial charge in [0.2, 0.25) is 0 Å². The Morgan fingerprint density at radius 3 is 3.05 bits per heavy atom. The number of aromatic nitrogens is 2. The second kappa shape index (κ2) is 5.74. The monoisotopic (exact) mass is 265 g/mol. The maximum atomic E-state index is 11.7. The second-order valence-corrected chi connectivity index (χ2v) is 5.40. The zero-order chi connectivity index (χ0) is 13.9. The Kier molecular flexibility index (Phi) is 4.24. The average molecular weight is 265 g/mol. The Balaban J connectivity index is 2.03. The molecular formula is C14H23N3O2. The molecule has 0 aliphatic heterocycles. The van der Waals surface area contributed by atoms with Gasteiger partial charge in [0.15, 0.2) is 0 Å². The molecule has 1 aromatic heterocycles. The molecule has 1 saturated carbocycles. The fourth-order valence-electron chi connectivity index (χ4n) is 3.25. The van der Waals surface area contributed by atoms with Crippen LogP contribution in [-0.4, -0.2) is 32.9 Å². The number of aryl methyl sites for hydroxylation is 2. The molecule has 1 aliphatic carbocycles. The maximum Gasteiger partial charge on any atom is 0.324 e.